The highest BCUT2D eigenvalue weighted by atomic mass is 15.3. The van der Waals surface area contributed by atoms with E-state index in [9.17, 15) is 0 Å². The molecule has 27 heavy (non-hydrogen) atoms. The summed E-state index contributed by atoms with van der Waals surface area (Å²) in [5.74, 6) is 0.887. The summed E-state index contributed by atoms with van der Waals surface area (Å²) in [6, 6.07) is 17.1. The molecule has 2 aromatic carbocycles. The highest BCUT2D eigenvalue weighted by Gasteiger charge is 2.08. The third kappa shape index (κ3) is 5.20. The molecule has 3 rings (SSSR count). The van der Waals surface area contributed by atoms with Gasteiger partial charge in [-0.1, -0.05) is 48.5 Å². The van der Waals surface area contributed by atoms with Crippen molar-refractivity contribution in [2.75, 3.05) is 14.1 Å². The van der Waals surface area contributed by atoms with Gasteiger partial charge in [0.2, 0.25) is 0 Å². The molecule has 140 valence electrons. The molecule has 0 unspecified atom stereocenters. The Bertz CT molecular complexity index is 883. The van der Waals surface area contributed by atoms with Crippen LogP contribution < -0.4 is 5.32 Å². The van der Waals surface area contributed by atoms with Gasteiger partial charge in [0.15, 0.2) is 5.96 Å². The lowest BCUT2D eigenvalue weighted by Crippen LogP contribution is -2.38. The van der Waals surface area contributed by atoms with Crippen molar-refractivity contribution >= 4 is 5.96 Å². The minimum absolute atomic E-state index is 0.739. The highest BCUT2D eigenvalue weighted by molar-refractivity contribution is 5.79. The van der Waals surface area contributed by atoms with Crippen LogP contribution >= 0.6 is 0 Å². The molecule has 5 nitrogen and oxygen atoms in total. The first kappa shape index (κ1) is 18.7. The molecule has 0 spiro atoms. The maximum Gasteiger partial charge on any atom is 0.193 e. The van der Waals surface area contributed by atoms with Crippen molar-refractivity contribution in [1.82, 2.24) is 19.8 Å². The molecule has 1 heterocycles. The number of hydrogen-bond donors (Lipinski definition) is 1. The van der Waals surface area contributed by atoms with Crippen molar-refractivity contribution in [2.45, 2.75) is 26.6 Å². The highest BCUT2D eigenvalue weighted by Crippen LogP contribution is 2.10. The molecule has 0 aliphatic carbocycles. The Labute approximate surface area is 161 Å². The Hall–Kier alpha value is -3.08. The lowest BCUT2D eigenvalue weighted by molar-refractivity contribution is 0.475. The number of aromatic nitrogens is 2. The Morgan fingerprint density at radius 3 is 2.70 bits per heavy atom. The lowest BCUT2D eigenvalue weighted by atomic mass is 10.1. The molecule has 1 aromatic heterocycles. The van der Waals surface area contributed by atoms with Crippen LogP contribution in [-0.2, 0) is 19.6 Å². The second-order valence-electron chi connectivity index (χ2n) is 6.74. The summed E-state index contributed by atoms with van der Waals surface area (Å²) < 4.78 is 2.07. The fourth-order valence-electron chi connectivity index (χ4n) is 3.11. The molecule has 0 bridgehead atoms. The van der Waals surface area contributed by atoms with Crippen LogP contribution in [0.15, 0.2) is 72.2 Å². The summed E-state index contributed by atoms with van der Waals surface area (Å²) in [5.41, 5.74) is 5.10. The van der Waals surface area contributed by atoms with Crippen LogP contribution in [0, 0.1) is 6.92 Å². The monoisotopic (exact) mass is 361 g/mol. The van der Waals surface area contributed by atoms with Gasteiger partial charge in [-0.3, -0.25) is 4.99 Å². The molecular weight excluding hydrogens is 334 g/mol. The van der Waals surface area contributed by atoms with Gasteiger partial charge in [0.1, 0.15) is 0 Å². The van der Waals surface area contributed by atoms with Crippen LogP contribution in [0.3, 0.4) is 0 Å². The van der Waals surface area contributed by atoms with Crippen LogP contribution in [0.2, 0.25) is 0 Å². The number of guanidine groups is 1. The van der Waals surface area contributed by atoms with Gasteiger partial charge in [-0.25, -0.2) is 4.98 Å². The first-order chi connectivity index (χ1) is 13.2. The van der Waals surface area contributed by atoms with Gasteiger partial charge < -0.3 is 14.8 Å². The number of rotatable bonds is 6. The second-order valence-corrected chi connectivity index (χ2v) is 6.74. The molecule has 5 heteroatoms. The molecule has 0 amide bonds. The van der Waals surface area contributed by atoms with E-state index >= 15 is 0 Å². The van der Waals surface area contributed by atoms with Gasteiger partial charge in [-0.15, -0.1) is 0 Å². The standard InChI is InChI=1S/C22H27N5/c1-18-7-4-5-10-21(18)16-26(3)22(23-2)25-14-19-8-6-9-20(13-19)15-27-12-11-24-17-27/h4-13,17H,14-16H2,1-3H3,(H,23,25). The minimum Gasteiger partial charge on any atom is -0.352 e. The molecule has 1 N–H and O–H groups in total. The smallest absolute Gasteiger partial charge is 0.193 e. The normalized spacial score (nSPS) is 11.4. The van der Waals surface area contributed by atoms with Crippen LogP contribution in [0.5, 0.6) is 0 Å². The fraction of sp³-hybridized carbons (Fsp3) is 0.273. The zero-order chi connectivity index (χ0) is 19.1. The summed E-state index contributed by atoms with van der Waals surface area (Å²) in [4.78, 5) is 10.7. The molecular formula is C22H27N5. The van der Waals surface area contributed by atoms with Crippen molar-refractivity contribution in [3.63, 3.8) is 0 Å². The van der Waals surface area contributed by atoms with Crippen molar-refractivity contribution < 1.29 is 0 Å². The minimum atomic E-state index is 0.739. The van der Waals surface area contributed by atoms with Crippen molar-refractivity contribution in [3.8, 4) is 0 Å². The average Bonchev–Trinajstić information content (AvgIpc) is 3.17. The third-order valence-electron chi connectivity index (χ3n) is 4.61. The molecule has 0 atom stereocenters. The summed E-state index contributed by atoms with van der Waals surface area (Å²) in [5, 5.41) is 3.47. The number of nitrogens with one attached hydrogen (secondary N) is 1. The first-order valence-electron chi connectivity index (χ1n) is 9.15. The first-order valence-corrected chi connectivity index (χ1v) is 9.15. The Morgan fingerprint density at radius 1 is 1.15 bits per heavy atom. The summed E-state index contributed by atoms with van der Waals surface area (Å²) >= 11 is 0. The van der Waals surface area contributed by atoms with Gasteiger partial charge >= 0.3 is 0 Å². The number of hydrogen-bond acceptors (Lipinski definition) is 2. The predicted molar refractivity (Wildman–Crippen MR) is 111 cm³/mol. The Kier molecular flexibility index (Phi) is 6.26. The Balaban J connectivity index is 1.60. The van der Waals surface area contributed by atoms with E-state index in [0.717, 1.165) is 25.6 Å². The lowest BCUT2D eigenvalue weighted by Gasteiger charge is -2.23. The van der Waals surface area contributed by atoms with Crippen LogP contribution in [0.4, 0.5) is 0 Å². The van der Waals surface area contributed by atoms with Crippen molar-refractivity contribution in [2.24, 2.45) is 4.99 Å². The average molecular weight is 361 g/mol. The zero-order valence-electron chi connectivity index (χ0n) is 16.3. The van der Waals surface area contributed by atoms with Crippen LogP contribution in [0.25, 0.3) is 0 Å². The fourth-order valence-corrected chi connectivity index (χ4v) is 3.11. The topological polar surface area (TPSA) is 45.5 Å². The van der Waals surface area contributed by atoms with E-state index in [4.69, 9.17) is 0 Å². The van der Waals surface area contributed by atoms with E-state index in [2.05, 4.69) is 87.3 Å². The number of benzene rings is 2. The van der Waals surface area contributed by atoms with Gasteiger partial charge in [-0.05, 0) is 29.2 Å². The summed E-state index contributed by atoms with van der Waals surface area (Å²) in [6.07, 6.45) is 5.63. The quantitative estimate of drug-likeness (QED) is 0.540. The van der Waals surface area contributed by atoms with E-state index in [1.54, 1.807) is 6.20 Å². The maximum absolute atomic E-state index is 4.43. The van der Waals surface area contributed by atoms with E-state index < -0.39 is 0 Å². The zero-order valence-corrected chi connectivity index (χ0v) is 16.3. The summed E-state index contributed by atoms with van der Waals surface area (Å²) in [6.45, 7) is 4.54. The van der Waals surface area contributed by atoms with Crippen molar-refractivity contribution in [3.05, 3.63) is 89.5 Å². The van der Waals surface area contributed by atoms with E-state index in [0.29, 0.717) is 0 Å². The number of imidazole rings is 1. The van der Waals surface area contributed by atoms with Gasteiger partial charge in [0.05, 0.1) is 6.33 Å². The van der Waals surface area contributed by atoms with Gasteiger partial charge in [0, 0.05) is 46.1 Å². The summed E-state index contributed by atoms with van der Waals surface area (Å²) in [7, 11) is 3.89. The molecule has 0 radical (unpaired) electrons. The largest absolute Gasteiger partial charge is 0.352 e. The number of nitrogens with zero attached hydrogens (tertiary/aromatic N) is 4. The number of aliphatic imine (C=N–C) groups is 1. The molecule has 0 saturated heterocycles. The van der Waals surface area contributed by atoms with E-state index in [-0.39, 0.29) is 0 Å². The molecule has 0 fully saturated rings. The third-order valence-corrected chi connectivity index (χ3v) is 4.61. The van der Waals surface area contributed by atoms with Crippen LogP contribution in [0.1, 0.15) is 22.3 Å². The molecule has 0 saturated carbocycles. The maximum atomic E-state index is 4.43. The van der Waals surface area contributed by atoms with Crippen molar-refractivity contribution in [1.29, 1.82) is 0 Å². The SMILES string of the molecule is CN=C(NCc1cccc(Cn2ccnc2)c1)N(C)Cc1ccccc1C. The molecule has 3 aromatic rings. The second kappa shape index (κ2) is 9.03. The molecule has 0 aliphatic heterocycles. The van der Waals surface area contributed by atoms with E-state index in [1.165, 1.54) is 22.3 Å². The van der Waals surface area contributed by atoms with Crippen LogP contribution in [-0.4, -0.2) is 34.5 Å². The molecule has 0 aliphatic rings. The Morgan fingerprint density at radius 2 is 1.96 bits per heavy atom. The van der Waals surface area contributed by atoms with E-state index in [1.807, 2.05) is 19.6 Å². The number of aryl methyl sites for hydroxylation is 1. The predicted octanol–water partition coefficient (Wildman–Crippen LogP) is 3.45. The van der Waals surface area contributed by atoms with Gasteiger partial charge in [0.25, 0.3) is 0 Å². The van der Waals surface area contributed by atoms with Gasteiger partial charge in [-0.2, -0.15) is 0 Å².